The molecule has 4 heteroatoms. The van der Waals surface area contributed by atoms with E-state index in [0.29, 0.717) is 17.8 Å². The van der Waals surface area contributed by atoms with Crippen molar-refractivity contribution in [2.45, 2.75) is 31.3 Å². The van der Waals surface area contributed by atoms with Crippen molar-refractivity contribution in [3.63, 3.8) is 0 Å². The summed E-state index contributed by atoms with van der Waals surface area (Å²) in [6, 6.07) is 6.24. The van der Waals surface area contributed by atoms with E-state index in [9.17, 15) is 4.39 Å². The molecule has 0 amide bonds. The van der Waals surface area contributed by atoms with Gasteiger partial charge in [0.2, 0.25) is 0 Å². The number of halogens is 2. The maximum atomic E-state index is 13.7. The Morgan fingerprint density at radius 3 is 3.00 bits per heavy atom. The van der Waals surface area contributed by atoms with Crippen molar-refractivity contribution in [1.29, 1.82) is 0 Å². The van der Waals surface area contributed by atoms with Crippen molar-refractivity contribution >= 4 is 21.6 Å². The topological polar surface area (TPSA) is 15.3 Å². The molecule has 2 atom stereocenters. The van der Waals surface area contributed by atoms with Gasteiger partial charge in [-0.2, -0.15) is 0 Å². The molecule has 2 fully saturated rings. The molecule has 2 unspecified atom stereocenters. The Labute approximate surface area is 109 Å². The largest absolute Gasteiger partial charge is 0.378 e. The Kier molecular flexibility index (Phi) is 3.09. The fourth-order valence-electron chi connectivity index (χ4n) is 3.06. The van der Waals surface area contributed by atoms with Gasteiger partial charge in [0.05, 0.1) is 5.69 Å². The van der Waals surface area contributed by atoms with Crippen LogP contribution in [0.5, 0.6) is 0 Å². The van der Waals surface area contributed by atoms with Gasteiger partial charge in [0.15, 0.2) is 0 Å². The van der Waals surface area contributed by atoms with Crippen LogP contribution in [0.4, 0.5) is 10.1 Å². The molecule has 2 aliphatic heterocycles. The van der Waals surface area contributed by atoms with Gasteiger partial charge in [-0.3, -0.25) is 4.90 Å². The SMILES string of the molecule is Fc1cc(Br)ccc1NC1CCN2CCCC12. The number of nitrogens with one attached hydrogen (secondary N) is 1. The summed E-state index contributed by atoms with van der Waals surface area (Å²) in [4.78, 5) is 2.52. The van der Waals surface area contributed by atoms with Crippen LogP contribution in [-0.2, 0) is 0 Å². The van der Waals surface area contributed by atoms with Crippen LogP contribution in [0.15, 0.2) is 22.7 Å². The molecule has 2 nitrogen and oxygen atoms in total. The van der Waals surface area contributed by atoms with Crippen molar-refractivity contribution in [1.82, 2.24) is 4.90 Å². The molecule has 2 heterocycles. The van der Waals surface area contributed by atoms with E-state index < -0.39 is 0 Å². The summed E-state index contributed by atoms with van der Waals surface area (Å²) in [5.41, 5.74) is 0.631. The third-order valence-electron chi connectivity index (χ3n) is 3.88. The predicted octanol–water partition coefficient (Wildman–Crippen LogP) is 3.24. The molecule has 0 radical (unpaired) electrons. The van der Waals surface area contributed by atoms with Crippen LogP contribution in [0.3, 0.4) is 0 Å². The van der Waals surface area contributed by atoms with Gasteiger partial charge < -0.3 is 5.32 Å². The molecule has 0 aromatic heterocycles. The number of anilines is 1. The van der Waals surface area contributed by atoms with E-state index in [1.54, 1.807) is 0 Å². The van der Waals surface area contributed by atoms with Gasteiger partial charge >= 0.3 is 0 Å². The maximum Gasteiger partial charge on any atom is 0.147 e. The molecule has 3 rings (SSSR count). The van der Waals surface area contributed by atoms with E-state index in [1.165, 1.54) is 25.5 Å². The summed E-state index contributed by atoms with van der Waals surface area (Å²) in [5, 5.41) is 3.37. The van der Waals surface area contributed by atoms with Crippen molar-refractivity contribution in [2.75, 3.05) is 18.4 Å². The highest BCUT2D eigenvalue weighted by atomic mass is 79.9. The lowest BCUT2D eigenvalue weighted by Crippen LogP contribution is -2.33. The van der Waals surface area contributed by atoms with Crippen LogP contribution in [0.25, 0.3) is 0 Å². The zero-order valence-corrected chi connectivity index (χ0v) is 11.2. The highest BCUT2D eigenvalue weighted by Gasteiger charge is 2.37. The number of hydrogen-bond acceptors (Lipinski definition) is 2. The Morgan fingerprint density at radius 1 is 1.29 bits per heavy atom. The fraction of sp³-hybridized carbons (Fsp3) is 0.538. The van der Waals surface area contributed by atoms with Gasteiger partial charge in [0.1, 0.15) is 5.82 Å². The molecule has 0 spiro atoms. The van der Waals surface area contributed by atoms with Crippen molar-refractivity contribution < 1.29 is 4.39 Å². The summed E-state index contributed by atoms with van der Waals surface area (Å²) in [5.74, 6) is -0.171. The Bertz CT molecular complexity index is 424. The Morgan fingerprint density at radius 2 is 2.18 bits per heavy atom. The predicted molar refractivity (Wildman–Crippen MR) is 70.7 cm³/mol. The van der Waals surface area contributed by atoms with E-state index in [1.807, 2.05) is 12.1 Å². The van der Waals surface area contributed by atoms with Gasteiger partial charge in [-0.1, -0.05) is 15.9 Å². The van der Waals surface area contributed by atoms with E-state index >= 15 is 0 Å². The number of rotatable bonds is 2. The van der Waals surface area contributed by atoms with Gasteiger partial charge in [-0.25, -0.2) is 4.39 Å². The zero-order valence-electron chi connectivity index (χ0n) is 9.63. The summed E-state index contributed by atoms with van der Waals surface area (Å²) in [7, 11) is 0. The smallest absolute Gasteiger partial charge is 0.147 e. The second kappa shape index (κ2) is 4.58. The van der Waals surface area contributed by atoms with Crippen molar-refractivity contribution in [2.24, 2.45) is 0 Å². The first-order valence-corrected chi connectivity index (χ1v) is 6.99. The first-order chi connectivity index (χ1) is 8.24. The second-order valence-corrected chi connectivity index (χ2v) is 5.82. The number of fused-ring (bicyclic) bond motifs is 1. The lowest BCUT2D eigenvalue weighted by Gasteiger charge is -2.22. The molecule has 1 N–H and O–H groups in total. The minimum atomic E-state index is -0.171. The summed E-state index contributed by atoms with van der Waals surface area (Å²) >= 11 is 3.28. The number of benzene rings is 1. The Balaban J connectivity index is 1.74. The molecule has 2 aliphatic rings. The zero-order chi connectivity index (χ0) is 11.8. The normalized spacial score (nSPS) is 28.4. The van der Waals surface area contributed by atoms with E-state index in [0.717, 1.165) is 17.4 Å². The van der Waals surface area contributed by atoms with E-state index in [-0.39, 0.29) is 5.82 Å². The molecule has 1 aromatic carbocycles. The third kappa shape index (κ3) is 2.20. The summed E-state index contributed by atoms with van der Waals surface area (Å²) < 4.78 is 14.5. The van der Waals surface area contributed by atoms with Crippen molar-refractivity contribution in [3.05, 3.63) is 28.5 Å². The molecule has 17 heavy (non-hydrogen) atoms. The molecule has 2 saturated heterocycles. The highest BCUT2D eigenvalue weighted by molar-refractivity contribution is 9.10. The number of nitrogens with zero attached hydrogens (tertiary/aromatic N) is 1. The van der Waals surface area contributed by atoms with Gasteiger partial charge in [0, 0.05) is 23.1 Å². The van der Waals surface area contributed by atoms with Crippen LogP contribution in [0.2, 0.25) is 0 Å². The van der Waals surface area contributed by atoms with Gasteiger partial charge in [0.25, 0.3) is 0 Å². The third-order valence-corrected chi connectivity index (χ3v) is 4.37. The minimum absolute atomic E-state index is 0.171. The van der Waals surface area contributed by atoms with Crippen molar-refractivity contribution in [3.8, 4) is 0 Å². The maximum absolute atomic E-state index is 13.7. The quantitative estimate of drug-likeness (QED) is 0.902. The molecule has 1 aromatic rings. The molecular formula is C13H16BrFN2. The lowest BCUT2D eigenvalue weighted by atomic mass is 10.1. The van der Waals surface area contributed by atoms with Crippen LogP contribution >= 0.6 is 15.9 Å². The monoisotopic (exact) mass is 298 g/mol. The molecule has 0 saturated carbocycles. The van der Waals surface area contributed by atoms with Gasteiger partial charge in [-0.15, -0.1) is 0 Å². The molecule has 0 bridgehead atoms. The second-order valence-electron chi connectivity index (χ2n) is 4.91. The van der Waals surface area contributed by atoms with Gasteiger partial charge in [-0.05, 0) is 44.0 Å². The van der Waals surface area contributed by atoms with Crippen LogP contribution in [-0.4, -0.2) is 30.1 Å². The van der Waals surface area contributed by atoms with E-state index in [2.05, 4.69) is 26.1 Å². The fourth-order valence-corrected chi connectivity index (χ4v) is 3.39. The average Bonchev–Trinajstić information content (AvgIpc) is 2.86. The minimum Gasteiger partial charge on any atom is -0.378 e. The lowest BCUT2D eigenvalue weighted by molar-refractivity contribution is 0.318. The van der Waals surface area contributed by atoms with Crippen LogP contribution < -0.4 is 5.32 Å². The van der Waals surface area contributed by atoms with Crippen LogP contribution in [0.1, 0.15) is 19.3 Å². The average molecular weight is 299 g/mol. The highest BCUT2D eigenvalue weighted by Crippen LogP contribution is 2.31. The van der Waals surface area contributed by atoms with E-state index in [4.69, 9.17) is 0 Å². The molecule has 0 aliphatic carbocycles. The summed E-state index contributed by atoms with van der Waals surface area (Å²) in [6.07, 6.45) is 3.65. The number of hydrogen-bond donors (Lipinski definition) is 1. The first kappa shape index (κ1) is 11.5. The molecule has 92 valence electrons. The Hall–Kier alpha value is -0.610. The summed E-state index contributed by atoms with van der Waals surface area (Å²) in [6.45, 7) is 2.37. The molecular weight excluding hydrogens is 283 g/mol. The standard InChI is InChI=1S/C13H16BrFN2/c14-9-3-4-11(10(15)8-9)16-12-5-7-17-6-1-2-13(12)17/h3-4,8,12-13,16H,1-2,5-7H2. The first-order valence-electron chi connectivity index (χ1n) is 6.20. The van der Waals surface area contributed by atoms with Crippen LogP contribution in [0, 0.1) is 5.82 Å².